The maximum atomic E-state index is 12.6. The molecule has 9 heteroatoms. The van der Waals surface area contributed by atoms with Gasteiger partial charge in [0.25, 0.3) is 11.6 Å². The predicted octanol–water partition coefficient (Wildman–Crippen LogP) is 6.83. The van der Waals surface area contributed by atoms with E-state index in [2.05, 4.69) is 52.2 Å². The monoisotopic (exact) mass is 579 g/mol. The highest BCUT2D eigenvalue weighted by Gasteiger charge is 2.27. The van der Waals surface area contributed by atoms with Crippen LogP contribution in [0.25, 0.3) is 6.08 Å². The molecule has 37 heavy (non-hydrogen) atoms. The molecule has 1 saturated heterocycles. The molecule has 0 aromatic heterocycles. The molecule has 7 nitrogen and oxygen atoms in total. The van der Waals surface area contributed by atoms with Gasteiger partial charge in [-0.3, -0.25) is 14.9 Å². The first kappa shape index (κ1) is 26.5. The van der Waals surface area contributed by atoms with Crippen LogP contribution in [0.3, 0.4) is 0 Å². The number of hydrogen-bond acceptors (Lipinski definition) is 6. The number of nitro benzene ring substituents is 1. The smallest absolute Gasteiger partial charge is 0.269 e. The summed E-state index contributed by atoms with van der Waals surface area (Å²) in [6.45, 7) is 6.13. The van der Waals surface area contributed by atoms with Crippen molar-refractivity contribution in [3.8, 4) is 5.75 Å². The van der Waals surface area contributed by atoms with E-state index in [1.165, 1.54) is 29.5 Å². The highest BCUT2D eigenvalue weighted by molar-refractivity contribution is 9.10. The van der Waals surface area contributed by atoms with E-state index in [0.29, 0.717) is 22.6 Å². The summed E-state index contributed by atoms with van der Waals surface area (Å²) >= 11 is 5.02. The van der Waals surface area contributed by atoms with Crippen LogP contribution in [0.4, 0.5) is 11.4 Å². The Hall–Kier alpha value is -3.56. The van der Waals surface area contributed by atoms with Crippen LogP contribution in [0, 0.1) is 10.1 Å². The number of non-ortho nitro benzene ring substituents is 1. The predicted molar refractivity (Wildman–Crippen MR) is 152 cm³/mol. The quantitative estimate of drug-likeness (QED) is 0.118. The van der Waals surface area contributed by atoms with Gasteiger partial charge in [-0.2, -0.15) is 0 Å². The van der Waals surface area contributed by atoms with Gasteiger partial charge in [-0.25, -0.2) is 0 Å². The number of nitro groups is 1. The van der Waals surface area contributed by atoms with Gasteiger partial charge >= 0.3 is 0 Å². The number of hydrogen-bond donors (Lipinski definition) is 2. The van der Waals surface area contributed by atoms with Crippen LogP contribution in [0.5, 0.6) is 5.75 Å². The van der Waals surface area contributed by atoms with Gasteiger partial charge in [-0.1, -0.05) is 49.0 Å². The molecule has 1 amide bonds. The van der Waals surface area contributed by atoms with E-state index in [-0.39, 0.29) is 23.7 Å². The minimum atomic E-state index is -0.426. The maximum absolute atomic E-state index is 12.6. The summed E-state index contributed by atoms with van der Waals surface area (Å²) in [4.78, 5) is 23.9. The lowest BCUT2D eigenvalue weighted by molar-refractivity contribution is -0.384. The first-order valence-electron chi connectivity index (χ1n) is 11.7. The largest absolute Gasteiger partial charge is 0.487 e. The average molecular weight is 581 g/mol. The number of aryl methyl sites for hydroxylation is 1. The number of nitrogens with zero attached hydrogens (tertiary/aromatic N) is 1. The second-order valence-corrected chi connectivity index (χ2v) is 10.4. The number of allylic oxidation sites excluding steroid dienone is 1. The summed E-state index contributed by atoms with van der Waals surface area (Å²) in [5.41, 5.74) is 4.38. The van der Waals surface area contributed by atoms with Crippen molar-refractivity contribution in [2.75, 3.05) is 5.32 Å². The van der Waals surface area contributed by atoms with Gasteiger partial charge in [0.05, 0.1) is 14.3 Å². The molecule has 1 aliphatic rings. The van der Waals surface area contributed by atoms with Crippen molar-refractivity contribution in [3.63, 3.8) is 0 Å². The molecule has 1 aliphatic heterocycles. The van der Waals surface area contributed by atoms with Crippen molar-refractivity contribution in [3.05, 3.63) is 115 Å². The number of carbonyl (C=O) groups is 1. The fraction of sp³-hybridized carbons (Fsp3) is 0.179. The molecule has 0 aliphatic carbocycles. The summed E-state index contributed by atoms with van der Waals surface area (Å²) in [6, 6.07) is 18.4. The van der Waals surface area contributed by atoms with E-state index in [1.807, 2.05) is 30.3 Å². The third kappa shape index (κ3) is 6.81. The van der Waals surface area contributed by atoms with Crippen LogP contribution < -0.4 is 15.4 Å². The lowest BCUT2D eigenvalue weighted by atomic mass is 10.1. The fourth-order valence-electron chi connectivity index (χ4n) is 3.85. The van der Waals surface area contributed by atoms with E-state index in [0.717, 1.165) is 27.7 Å². The van der Waals surface area contributed by atoms with Crippen LogP contribution in [0.1, 0.15) is 29.2 Å². The minimum absolute atomic E-state index is 0.0200. The molecule has 3 aromatic rings. The molecular weight excluding hydrogens is 554 g/mol. The Kier molecular flexibility index (Phi) is 8.68. The zero-order valence-corrected chi connectivity index (χ0v) is 22.6. The Morgan fingerprint density at radius 3 is 2.68 bits per heavy atom. The Labute approximate surface area is 228 Å². The molecular formula is C28H26BrN3O4S. The molecule has 0 radical (unpaired) electrons. The number of benzene rings is 3. The molecule has 3 aromatic carbocycles. The number of carbonyl (C=O) groups excluding carboxylic acids is 1. The van der Waals surface area contributed by atoms with E-state index >= 15 is 0 Å². The molecule has 190 valence electrons. The molecule has 1 fully saturated rings. The van der Waals surface area contributed by atoms with Crippen molar-refractivity contribution in [2.24, 2.45) is 0 Å². The van der Waals surface area contributed by atoms with Crippen LogP contribution in [-0.4, -0.2) is 16.3 Å². The van der Waals surface area contributed by atoms with Crippen molar-refractivity contribution < 1.29 is 14.5 Å². The third-order valence-electron chi connectivity index (χ3n) is 5.70. The van der Waals surface area contributed by atoms with Gasteiger partial charge in [0.2, 0.25) is 0 Å². The van der Waals surface area contributed by atoms with Crippen LogP contribution >= 0.6 is 27.7 Å². The second-order valence-electron chi connectivity index (χ2n) is 8.37. The Morgan fingerprint density at radius 2 is 1.97 bits per heavy atom. The zero-order valence-electron chi connectivity index (χ0n) is 20.2. The number of thioether (sulfide) groups is 1. The zero-order chi connectivity index (χ0) is 26.4. The first-order chi connectivity index (χ1) is 17.9. The molecule has 1 heterocycles. The van der Waals surface area contributed by atoms with E-state index in [4.69, 9.17) is 4.74 Å². The summed E-state index contributed by atoms with van der Waals surface area (Å²) in [5.74, 6) is 0.493. The Balaban J connectivity index is 1.50. The summed E-state index contributed by atoms with van der Waals surface area (Å²) < 4.78 is 6.78. The number of amides is 1. The van der Waals surface area contributed by atoms with Crippen LogP contribution in [0.15, 0.2) is 82.7 Å². The highest BCUT2D eigenvalue weighted by Crippen LogP contribution is 2.35. The van der Waals surface area contributed by atoms with Crippen molar-refractivity contribution in [1.29, 1.82) is 0 Å². The number of rotatable bonds is 10. The minimum Gasteiger partial charge on any atom is -0.487 e. The fourth-order valence-corrected chi connectivity index (χ4v) is 5.46. The van der Waals surface area contributed by atoms with Crippen molar-refractivity contribution >= 4 is 51.0 Å². The first-order valence-corrected chi connectivity index (χ1v) is 13.4. The number of ether oxygens (including phenoxy) is 1. The highest BCUT2D eigenvalue weighted by atomic mass is 79.9. The molecule has 0 saturated carbocycles. The number of nitrogens with one attached hydrogen (secondary N) is 2. The maximum Gasteiger partial charge on any atom is 0.269 e. The third-order valence-corrected chi connectivity index (χ3v) is 7.32. The number of anilines is 1. The topological polar surface area (TPSA) is 93.5 Å². The van der Waals surface area contributed by atoms with E-state index < -0.39 is 4.92 Å². The second kappa shape index (κ2) is 12.1. The van der Waals surface area contributed by atoms with Gasteiger partial charge < -0.3 is 15.4 Å². The van der Waals surface area contributed by atoms with Crippen molar-refractivity contribution in [2.45, 2.75) is 31.9 Å². The van der Waals surface area contributed by atoms with Gasteiger partial charge in [0.1, 0.15) is 12.4 Å². The SMILES string of the molecule is C=CCc1cc(/C=C2\S[C@@H](Nc3ccc(CC)cc3)NC2=O)cc(Br)c1OCc1cccc([N+](=O)[O-])c1. The Morgan fingerprint density at radius 1 is 1.19 bits per heavy atom. The van der Waals surface area contributed by atoms with Gasteiger partial charge in [0, 0.05) is 17.8 Å². The summed E-state index contributed by atoms with van der Waals surface area (Å²) in [7, 11) is 0. The Bertz CT molecular complexity index is 1360. The molecule has 2 N–H and O–H groups in total. The number of halogens is 1. The molecule has 1 atom stereocenters. The molecule has 0 unspecified atom stereocenters. The van der Waals surface area contributed by atoms with Gasteiger partial charge in [-0.05, 0) is 81.4 Å². The summed E-state index contributed by atoms with van der Waals surface area (Å²) in [6.07, 6.45) is 5.16. The molecule has 4 rings (SSSR count). The van der Waals surface area contributed by atoms with E-state index in [9.17, 15) is 14.9 Å². The lowest BCUT2D eigenvalue weighted by Crippen LogP contribution is -2.30. The standard InChI is InChI=1S/C28H26BrN3O4S/c1-3-6-21-13-20(15-24(29)26(21)36-17-19-7-5-8-23(14-19)32(34)35)16-25-27(33)31-28(37-25)30-22-11-9-18(4-2)10-12-22/h3,5,7-16,28,30H,1,4,6,17H2,2H3,(H,31,33)/b25-16-/t28-/m0/s1. The van der Waals surface area contributed by atoms with E-state index in [1.54, 1.807) is 18.2 Å². The molecule has 0 spiro atoms. The summed E-state index contributed by atoms with van der Waals surface area (Å²) in [5, 5.41) is 17.4. The van der Waals surface area contributed by atoms with Crippen LogP contribution in [-0.2, 0) is 24.2 Å². The average Bonchev–Trinajstić information content (AvgIpc) is 3.22. The molecule has 0 bridgehead atoms. The van der Waals surface area contributed by atoms with Crippen molar-refractivity contribution in [1.82, 2.24) is 5.32 Å². The van der Waals surface area contributed by atoms with Gasteiger partial charge in [-0.15, -0.1) is 6.58 Å². The normalized spacial score (nSPS) is 15.9. The van der Waals surface area contributed by atoms with Crippen LogP contribution in [0.2, 0.25) is 0 Å². The lowest BCUT2D eigenvalue weighted by Gasteiger charge is -2.14. The van der Waals surface area contributed by atoms with Gasteiger partial charge in [0.15, 0.2) is 5.50 Å².